The van der Waals surface area contributed by atoms with E-state index >= 15 is 0 Å². The maximum atomic E-state index is 13.1. The number of nitrogens with one attached hydrogen (secondary N) is 1. The number of hydrogen-bond donors (Lipinski definition) is 3. The predicted octanol–water partition coefficient (Wildman–Crippen LogP) is 5.61. The average Bonchev–Trinajstić information content (AvgIpc) is 3.29. The Bertz CT molecular complexity index is 1300. The molecular weight excluding hydrogens is 509 g/mol. The highest BCUT2D eigenvalue weighted by molar-refractivity contribution is 7.15. The molecule has 0 aliphatic heterocycles. The quantitative estimate of drug-likeness (QED) is 0.357. The van der Waals surface area contributed by atoms with Crippen molar-refractivity contribution in [3.63, 3.8) is 0 Å². The summed E-state index contributed by atoms with van der Waals surface area (Å²) in [6.45, 7) is 3.90. The first kappa shape index (κ1) is 27.0. The Hall–Kier alpha value is -3.09. The van der Waals surface area contributed by atoms with Crippen LogP contribution in [-0.2, 0) is 27.9 Å². The number of alkyl halides is 3. The molecule has 0 spiro atoms. The molecular formula is C25H27F3N4O4S. The van der Waals surface area contributed by atoms with Crippen LogP contribution in [0.5, 0.6) is 0 Å². The van der Waals surface area contributed by atoms with E-state index in [0.717, 1.165) is 23.9 Å². The number of aliphatic carboxylic acids is 1. The van der Waals surface area contributed by atoms with Crippen LogP contribution in [0.4, 0.5) is 24.8 Å². The topological polar surface area (TPSA) is 117 Å². The number of methoxy groups -OCH3 is 1. The van der Waals surface area contributed by atoms with Gasteiger partial charge in [-0.25, -0.2) is 15.0 Å². The number of hydrogen-bond acceptors (Lipinski definition) is 8. The third-order valence-corrected chi connectivity index (χ3v) is 7.75. The molecule has 2 unspecified atom stereocenters. The number of halogens is 3. The van der Waals surface area contributed by atoms with Gasteiger partial charge in [-0.05, 0) is 54.5 Å². The number of pyridine rings is 2. The lowest BCUT2D eigenvalue weighted by Gasteiger charge is -2.44. The highest BCUT2D eigenvalue weighted by Gasteiger charge is 2.49. The Morgan fingerprint density at radius 2 is 2.00 bits per heavy atom. The number of carboxylic acid groups (broad SMARTS) is 1. The van der Waals surface area contributed by atoms with Crippen LogP contribution in [0.3, 0.4) is 0 Å². The van der Waals surface area contributed by atoms with E-state index in [1.165, 1.54) is 18.4 Å². The third kappa shape index (κ3) is 5.91. The Labute approximate surface area is 215 Å². The van der Waals surface area contributed by atoms with Gasteiger partial charge in [-0.1, -0.05) is 13.8 Å². The molecule has 37 heavy (non-hydrogen) atoms. The number of rotatable bonds is 7. The fourth-order valence-corrected chi connectivity index (χ4v) is 5.81. The third-order valence-electron chi connectivity index (χ3n) is 6.53. The van der Waals surface area contributed by atoms with Crippen LogP contribution in [-0.4, -0.2) is 38.2 Å². The number of aliphatic hydroxyl groups is 1. The minimum Gasteiger partial charge on any atom is -0.481 e. The van der Waals surface area contributed by atoms with E-state index in [2.05, 4.69) is 20.3 Å². The number of aromatic nitrogens is 3. The summed E-state index contributed by atoms with van der Waals surface area (Å²) in [5, 5.41) is 24.3. The normalized spacial score (nSPS) is 21.5. The largest absolute Gasteiger partial charge is 0.481 e. The molecule has 4 rings (SSSR count). The summed E-state index contributed by atoms with van der Waals surface area (Å²) >= 11 is 1.25. The highest BCUT2D eigenvalue weighted by atomic mass is 32.1. The Balaban J connectivity index is 1.63. The minimum absolute atomic E-state index is 0.0143. The van der Waals surface area contributed by atoms with Crippen molar-refractivity contribution in [2.24, 2.45) is 11.3 Å². The molecule has 12 heteroatoms. The van der Waals surface area contributed by atoms with Gasteiger partial charge in [0.25, 0.3) is 0 Å². The molecule has 0 amide bonds. The molecule has 8 nitrogen and oxygen atoms in total. The number of anilines is 2. The van der Waals surface area contributed by atoms with E-state index < -0.39 is 34.6 Å². The summed E-state index contributed by atoms with van der Waals surface area (Å²) in [6.07, 6.45) is -1.01. The summed E-state index contributed by atoms with van der Waals surface area (Å²) in [7, 11) is 1.52. The summed E-state index contributed by atoms with van der Waals surface area (Å²) < 4.78 is 44.6. The average molecular weight is 537 g/mol. The molecule has 2 atom stereocenters. The van der Waals surface area contributed by atoms with Crippen molar-refractivity contribution in [1.82, 2.24) is 15.0 Å². The van der Waals surface area contributed by atoms with Crippen molar-refractivity contribution >= 4 is 28.9 Å². The molecule has 1 aliphatic rings. The standard InChI is InChI=1S/C25H27F3N4O4S/c1-23(2)13-24(35,6-4-16(23)21(33)34)22-30-11-18(37-22)17-8-14(12-36-3)9-20(31-17)32-19-10-15(5-7-29-19)25(26,27)28/h5,7-11,16,35H,4,6,12-13H2,1-3H3,(H,33,34)(H,29,31,32). The van der Waals surface area contributed by atoms with Crippen molar-refractivity contribution < 1.29 is 32.9 Å². The van der Waals surface area contributed by atoms with Gasteiger partial charge in [-0.15, -0.1) is 11.3 Å². The SMILES string of the molecule is COCc1cc(Nc2cc(C(F)(F)F)ccn2)nc(-c2cnc(C3(O)CCC(C(=O)O)C(C)(C)C3)s2)c1. The fourth-order valence-electron chi connectivity index (χ4n) is 4.82. The zero-order valence-electron chi connectivity index (χ0n) is 20.5. The number of thiazole rings is 1. The summed E-state index contributed by atoms with van der Waals surface area (Å²) in [5.74, 6) is -1.17. The van der Waals surface area contributed by atoms with Crippen molar-refractivity contribution in [3.05, 3.63) is 52.8 Å². The second-order valence-corrected chi connectivity index (χ2v) is 10.9. The van der Waals surface area contributed by atoms with Gasteiger partial charge < -0.3 is 20.3 Å². The Morgan fingerprint density at radius 1 is 1.24 bits per heavy atom. The van der Waals surface area contributed by atoms with Crippen molar-refractivity contribution in [3.8, 4) is 10.6 Å². The maximum Gasteiger partial charge on any atom is 0.416 e. The van der Waals surface area contributed by atoms with Gasteiger partial charge in [0.1, 0.15) is 22.2 Å². The van der Waals surface area contributed by atoms with E-state index in [4.69, 9.17) is 4.74 Å². The second kappa shape index (κ2) is 9.99. The highest BCUT2D eigenvalue weighted by Crippen LogP contribution is 2.50. The molecule has 1 aliphatic carbocycles. The van der Waals surface area contributed by atoms with Gasteiger partial charge in [0, 0.05) is 19.5 Å². The fraction of sp³-hybridized carbons (Fsp3) is 0.440. The van der Waals surface area contributed by atoms with Crippen molar-refractivity contribution in [1.29, 1.82) is 0 Å². The van der Waals surface area contributed by atoms with Crippen LogP contribution in [0, 0.1) is 11.3 Å². The lowest BCUT2D eigenvalue weighted by atomic mass is 9.63. The first-order valence-electron chi connectivity index (χ1n) is 11.5. The molecule has 0 bridgehead atoms. The van der Waals surface area contributed by atoms with E-state index in [1.54, 1.807) is 18.3 Å². The molecule has 0 radical (unpaired) electrons. The molecule has 3 heterocycles. The van der Waals surface area contributed by atoms with Crippen LogP contribution in [0.1, 0.15) is 49.2 Å². The van der Waals surface area contributed by atoms with Crippen LogP contribution in [0.15, 0.2) is 36.7 Å². The van der Waals surface area contributed by atoms with E-state index in [0.29, 0.717) is 22.0 Å². The first-order chi connectivity index (χ1) is 17.3. The van der Waals surface area contributed by atoms with Crippen LogP contribution in [0.25, 0.3) is 10.6 Å². The van der Waals surface area contributed by atoms with Gasteiger partial charge in [-0.2, -0.15) is 13.2 Å². The van der Waals surface area contributed by atoms with Crippen molar-refractivity contribution in [2.45, 2.75) is 51.5 Å². The number of nitrogens with zero attached hydrogens (tertiary/aromatic N) is 3. The van der Waals surface area contributed by atoms with Crippen LogP contribution in [0.2, 0.25) is 0 Å². The molecule has 3 aromatic rings. The zero-order valence-corrected chi connectivity index (χ0v) is 21.3. The predicted molar refractivity (Wildman–Crippen MR) is 131 cm³/mol. The van der Waals surface area contributed by atoms with E-state index in [1.807, 2.05) is 13.8 Å². The molecule has 1 fully saturated rings. The lowest BCUT2D eigenvalue weighted by molar-refractivity contribution is -0.154. The van der Waals surface area contributed by atoms with Gasteiger partial charge in [0.15, 0.2) is 0 Å². The van der Waals surface area contributed by atoms with Gasteiger partial charge in [0.2, 0.25) is 0 Å². The van der Waals surface area contributed by atoms with Crippen LogP contribution < -0.4 is 5.32 Å². The van der Waals surface area contributed by atoms with Crippen LogP contribution >= 0.6 is 11.3 Å². The molecule has 3 N–H and O–H groups in total. The van der Waals surface area contributed by atoms with Crippen molar-refractivity contribution in [2.75, 3.05) is 12.4 Å². The Kier molecular flexibility index (Phi) is 7.28. The maximum absolute atomic E-state index is 13.1. The summed E-state index contributed by atoms with van der Waals surface area (Å²) in [4.78, 5) is 25.2. The van der Waals surface area contributed by atoms with Gasteiger partial charge in [0.05, 0.1) is 28.7 Å². The van der Waals surface area contributed by atoms with E-state index in [9.17, 15) is 28.2 Å². The monoisotopic (exact) mass is 536 g/mol. The number of carbonyl (C=O) groups is 1. The molecule has 1 saturated carbocycles. The molecule has 0 saturated heterocycles. The zero-order chi connectivity index (χ0) is 27.0. The molecule has 0 aromatic carbocycles. The number of ether oxygens (including phenoxy) is 1. The minimum atomic E-state index is -4.51. The van der Waals surface area contributed by atoms with Gasteiger partial charge >= 0.3 is 12.1 Å². The molecule has 3 aromatic heterocycles. The summed E-state index contributed by atoms with van der Waals surface area (Å²) in [6, 6.07) is 5.22. The lowest BCUT2D eigenvalue weighted by Crippen LogP contribution is -2.44. The smallest absolute Gasteiger partial charge is 0.416 e. The second-order valence-electron chi connectivity index (χ2n) is 9.89. The van der Waals surface area contributed by atoms with Gasteiger partial charge in [-0.3, -0.25) is 4.79 Å². The summed E-state index contributed by atoms with van der Waals surface area (Å²) in [5.41, 5.74) is -1.52. The Morgan fingerprint density at radius 3 is 2.65 bits per heavy atom. The first-order valence-corrected chi connectivity index (χ1v) is 12.3. The van der Waals surface area contributed by atoms with E-state index in [-0.39, 0.29) is 31.1 Å². The molecule has 198 valence electrons. The number of carboxylic acids is 1.